The van der Waals surface area contributed by atoms with E-state index in [1.807, 2.05) is 32.9 Å². The molecule has 25 heavy (non-hydrogen) atoms. The van der Waals surface area contributed by atoms with Gasteiger partial charge in [-0.1, -0.05) is 11.6 Å². The third-order valence-corrected chi connectivity index (χ3v) is 3.89. The van der Waals surface area contributed by atoms with Gasteiger partial charge in [-0.2, -0.15) is 0 Å². The summed E-state index contributed by atoms with van der Waals surface area (Å²) in [6, 6.07) is 8.71. The van der Waals surface area contributed by atoms with Gasteiger partial charge < -0.3 is 19.9 Å². The van der Waals surface area contributed by atoms with Gasteiger partial charge >= 0.3 is 5.97 Å². The van der Waals surface area contributed by atoms with Crippen molar-refractivity contribution in [2.75, 3.05) is 18.5 Å². The number of halogens is 1. The smallest absolute Gasteiger partial charge is 0.335 e. The third kappa shape index (κ3) is 4.79. The van der Waals surface area contributed by atoms with Crippen molar-refractivity contribution in [1.82, 2.24) is 0 Å². The molecule has 2 N–H and O–H groups in total. The van der Waals surface area contributed by atoms with Crippen molar-refractivity contribution in [1.29, 1.82) is 0 Å². The minimum absolute atomic E-state index is 0.269. The van der Waals surface area contributed by atoms with E-state index in [1.54, 1.807) is 18.2 Å². The molecule has 0 radical (unpaired) electrons. The summed E-state index contributed by atoms with van der Waals surface area (Å²) < 4.78 is 11.2. The van der Waals surface area contributed by atoms with Crippen molar-refractivity contribution < 1.29 is 19.4 Å². The van der Waals surface area contributed by atoms with Gasteiger partial charge in [-0.05, 0) is 62.2 Å². The molecule has 0 aliphatic rings. The van der Waals surface area contributed by atoms with Gasteiger partial charge in [0, 0.05) is 12.2 Å². The van der Waals surface area contributed by atoms with Gasteiger partial charge in [-0.15, -0.1) is 0 Å². The summed E-state index contributed by atoms with van der Waals surface area (Å²) in [6.45, 7) is 7.22. The highest BCUT2D eigenvalue weighted by Crippen LogP contribution is 2.37. The van der Waals surface area contributed by atoms with Crippen LogP contribution in [0.2, 0.25) is 5.02 Å². The van der Waals surface area contributed by atoms with Crippen molar-refractivity contribution >= 4 is 23.3 Å². The Morgan fingerprint density at radius 1 is 1.16 bits per heavy atom. The Morgan fingerprint density at radius 3 is 2.48 bits per heavy atom. The van der Waals surface area contributed by atoms with Gasteiger partial charge in [0.25, 0.3) is 0 Å². The molecular weight excluding hydrogens is 342 g/mol. The molecule has 2 aromatic carbocycles. The van der Waals surface area contributed by atoms with E-state index in [0.717, 1.165) is 16.8 Å². The van der Waals surface area contributed by atoms with Crippen LogP contribution in [0.3, 0.4) is 0 Å². The lowest BCUT2D eigenvalue weighted by molar-refractivity contribution is 0.0697. The number of nitrogens with one attached hydrogen (secondary N) is 1. The zero-order valence-corrected chi connectivity index (χ0v) is 15.3. The van der Waals surface area contributed by atoms with Gasteiger partial charge in [0.1, 0.15) is 0 Å². The summed E-state index contributed by atoms with van der Waals surface area (Å²) in [4.78, 5) is 11.0. The van der Waals surface area contributed by atoms with E-state index in [9.17, 15) is 4.79 Å². The SMILES string of the molecule is CCOc1cc(CNc2ccc(C(=O)O)cc2C)cc(Cl)c1OCC. The van der Waals surface area contributed by atoms with E-state index >= 15 is 0 Å². The van der Waals surface area contributed by atoms with Gasteiger partial charge in [-0.25, -0.2) is 4.79 Å². The zero-order chi connectivity index (χ0) is 18.4. The predicted octanol–water partition coefficient (Wildman–Crippen LogP) is 4.76. The number of ether oxygens (including phenoxy) is 2. The normalized spacial score (nSPS) is 10.4. The lowest BCUT2D eigenvalue weighted by atomic mass is 10.1. The van der Waals surface area contributed by atoms with E-state index in [1.165, 1.54) is 0 Å². The van der Waals surface area contributed by atoms with Crippen LogP contribution >= 0.6 is 11.6 Å². The Bertz CT molecular complexity index is 761. The fourth-order valence-electron chi connectivity index (χ4n) is 2.46. The molecule has 0 aliphatic carbocycles. The quantitative estimate of drug-likeness (QED) is 0.708. The molecule has 134 valence electrons. The summed E-state index contributed by atoms with van der Waals surface area (Å²) in [5.41, 5.74) is 2.94. The number of hydrogen-bond donors (Lipinski definition) is 2. The molecule has 0 spiro atoms. The first kappa shape index (κ1) is 18.9. The molecule has 0 unspecified atom stereocenters. The lowest BCUT2D eigenvalue weighted by Gasteiger charge is -2.15. The molecule has 0 saturated heterocycles. The van der Waals surface area contributed by atoms with Crippen LogP contribution in [0.15, 0.2) is 30.3 Å². The maximum atomic E-state index is 11.0. The molecule has 2 aromatic rings. The first-order valence-corrected chi connectivity index (χ1v) is 8.49. The highest BCUT2D eigenvalue weighted by molar-refractivity contribution is 6.32. The molecule has 0 heterocycles. The maximum Gasteiger partial charge on any atom is 0.335 e. The predicted molar refractivity (Wildman–Crippen MR) is 99.3 cm³/mol. The molecular formula is C19H22ClNO4. The molecule has 0 atom stereocenters. The minimum Gasteiger partial charge on any atom is -0.490 e. The van der Waals surface area contributed by atoms with Crippen molar-refractivity contribution in [2.24, 2.45) is 0 Å². The first-order valence-electron chi connectivity index (χ1n) is 8.12. The van der Waals surface area contributed by atoms with Crippen LogP contribution in [-0.4, -0.2) is 24.3 Å². The van der Waals surface area contributed by atoms with Crippen molar-refractivity contribution in [2.45, 2.75) is 27.3 Å². The third-order valence-electron chi connectivity index (χ3n) is 3.61. The van der Waals surface area contributed by atoms with E-state index in [4.69, 9.17) is 26.2 Å². The molecule has 0 aliphatic heterocycles. The molecule has 0 amide bonds. The highest BCUT2D eigenvalue weighted by atomic mass is 35.5. The Hall–Kier alpha value is -2.40. The van der Waals surface area contributed by atoms with Crippen LogP contribution in [0, 0.1) is 6.92 Å². The van der Waals surface area contributed by atoms with Gasteiger partial charge in [0.05, 0.1) is 23.8 Å². The van der Waals surface area contributed by atoms with Crippen LogP contribution in [0.5, 0.6) is 11.5 Å². The number of aryl methyl sites for hydroxylation is 1. The molecule has 2 rings (SSSR count). The molecule has 0 bridgehead atoms. The Morgan fingerprint density at radius 2 is 1.88 bits per heavy atom. The second kappa shape index (κ2) is 8.62. The van der Waals surface area contributed by atoms with Crippen LogP contribution in [0.4, 0.5) is 5.69 Å². The fraction of sp³-hybridized carbons (Fsp3) is 0.316. The first-order chi connectivity index (χ1) is 12.0. The summed E-state index contributed by atoms with van der Waals surface area (Å²) in [7, 11) is 0. The molecule has 5 nitrogen and oxygen atoms in total. The number of rotatable bonds is 8. The van der Waals surface area contributed by atoms with Gasteiger partial charge in [0.2, 0.25) is 0 Å². The number of hydrogen-bond acceptors (Lipinski definition) is 4. The summed E-state index contributed by atoms with van der Waals surface area (Å²) >= 11 is 6.32. The number of benzene rings is 2. The molecule has 0 aromatic heterocycles. The molecule has 6 heteroatoms. The van der Waals surface area contributed by atoms with Crippen molar-refractivity contribution in [3.63, 3.8) is 0 Å². The summed E-state index contributed by atoms with van der Waals surface area (Å²) in [5.74, 6) is 0.234. The number of carbonyl (C=O) groups is 1. The van der Waals surface area contributed by atoms with E-state index in [2.05, 4.69) is 5.32 Å². The topological polar surface area (TPSA) is 67.8 Å². The standard InChI is InChI=1S/C19H22ClNO4/c1-4-24-17-10-13(9-15(20)18(17)25-5-2)11-21-16-7-6-14(19(22)23)8-12(16)3/h6-10,21H,4-5,11H2,1-3H3,(H,22,23). The average Bonchev–Trinajstić information content (AvgIpc) is 2.57. The van der Waals surface area contributed by atoms with Gasteiger partial charge in [-0.3, -0.25) is 0 Å². The number of aromatic carboxylic acids is 1. The van der Waals surface area contributed by atoms with E-state index in [0.29, 0.717) is 36.3 Å². The number of carboxylic acids is 1. The average molecular weight is 364 g/mol. The highest BCUT2D eigenvalue weighted by Gasteiger charge is 2.12. The maximum absolute atomic E-state index is 11.0. The Labute approximate surface area is 152 Å². The van der Waals surface area contributed by atoms with Crippen LogP contribution in [0.25, 0.3) is 0 Å². The zero-order valence-electron chi connectivity index (χ0n) is 14.6. The number of anilines is 1. The monoisotopic (exact) mass is 363 g/mol. The van der Waals surface area contributed by atoms with E-state index in [-0.39, 0.29) is 5.56 Å². The Kier molecular flexibility index (Phi) is 6.53. The Balaban J connectivity index is 2.19. The van der Waals surface area contributed by atoms with Crippen molar-refractivity contribution in [3.8, 4) is 11.5 Å². The summed E-state index contributed by atoms with van der Waals surface area (Å²) in [5, 5.41) is 12.8. The number of carboxylic acid groups (broad SMARTS) is 1. The fourth-order valence-corrected chi connectivity index (χ4v) is 2.75. The summed E-state index contributed by atoms with van der Waals surface area (Å²) in [6.07, 6.45) is 0. The minimum atomic E-state index is -0.936. The molecule has 0 saturated carbocycles. The second-order valence-electron chi connectivity index (χ2n) is 5.46. The van der Waals surface area contributed by atoms with Crippen LogP contribution < -0.4 is 14.8 Å². The van der Waals surface area contributed by atoms with Crippen LogP contribution in [-0.2, 0) is 6.54 Å². The lowest BCUT2D eigenvalue weighted by Crippen LogP contribution is -2.05. The van der Waals surface area contributed by atoms with Crippen LogP contribution in [0.1, 0.15) is 35.3 Å². The van der Waals surface area contributed by atoms with Gasteiger partial charge in [0.15, 0.2) is 11.5 Å². The van der Waals surface area contributed by atoms with Crippen molar-refractivity contribution in [3.05, 3.63) is 52.0 Å². The van der Waals surface area contributed by atoms with E-state index < -0.39 is 5.97 Å². The molecule has 0 fully saturated rings. The second-order valence-corrected chi connectivity index (χ2v) is 5.87. The largest absolute Gasteiger partial charge is 0.490 e.